The van der Waals surface area contributed by atoms with Crippen LogP contribution >= 0.6 is 27.3 Å². The zero-order valence-corrected chi connectivity index (χ0v) is 16.2. The van der Waals surface area contributed by atoms with Crippen molar-refractivity contribution < 1.29 is 13.9 Å². The van der Waals surface area contributed by atoms with E-state index in [1.807, 2.05) is 29.2 Å². The first kappa shape index (κ1) is 17.8. The lowest BCUT2D eigenvalue weighted by Crippen LogP contribution is -2.32. The molecule has 6 heteroatoms. The number of benzene rings is 1. The number of hydrogen-bond acceptors (Lipinski definition) is 4. The van der Waals surface area contributed by atoms with Crippen molar-refractivity contribution in [1.82, 2.24) is 4.90 Å². The maximum Gasteiger partial charge on any atom is 0.255 e. The largest absolute Gasteiger partial charge is 0.497 e. The lowest BCUT2D eigenvalue weighted by atomic mass is 10.1. The summed E-state index contributed by atoms with van der Waals surface area (Å²) < 4.78 is 11.2. The van der Waals surface area contributed by atoms with Crippen molar-refractivity contribution in [3.8, 4) is 5.75 Å². The topological polar surface area (TPSA) is 42.7 Å². The number of furan rings is 1. The second-order valence-corrected chi connectivity index (χ2v) is 7.42. The third kappa shape index (κ3) is 4.52. The van der Waals surface area contributed by atoms with Crippen LogP contribution in [-0.4, -0.2) is 24.5 Å². The number of nitrogens with zero attached hydrogens (tertiary/aromatic N) is 1. The van der Waals surface area contributed by atoms with Crippen LogP contribution in [0.25, 0.3) is 0 Å². The Hall–Kier alpha value is -2.05. The van der Waals surface area contributed by atoms with E-state index < -0.39 is 0 Å². The molecular weight excluding hydrogens is 402 g/mol. The summed E-state index contributed by atoms with van der Waals surface area (Å²) >= 11 is 5.18. The molecule has 130 valence electrons. The highest BCUT2D eigenvalue weighted by molar-refractivity contribution is 9.10. The lowest BCUT2D eigenvalue weighted by Gasteiger charge is -2.23. The highest BCUT2D eigenvalue weighted by Gasteiger charge is 2.20. The van der Waals surface area contributed by atoms with E-state index in [1.165, 1.54) is 4.88 Å². The fourth-order valence-electron chi connectivity index (χ4n) is 2.52. The molecule has 0 fully saturated rings. The second kappa shape index (κ2) is 8.36. The number of thiophene rings is 1. The molecule has 0 saturated heterocycles. The summed E-state index contributed by atoms with van der Waals surface area (Å²) in [5.74, 6) is 0.622. The van der Waals surface area contributed by atoms with E-state index in [0.29, 0.717) is 24.4 Å². The van der Waals surface area contributed by atoms with E-state index in [9.17, 15) is 4.79 Å². The Bertz CT molecular complexity index is 815. The summed E-state index contributed by atoms with van der Waals surface area (Å²) in [6, 6.07) is 11.4. The SMILES string of the molecule is COc1ccc(Br)c(C(=O)N(CCc2cccs2)Cc2ccoc2)c1. The molecule has 0 spiro atoms. The molecule has 4 nitrogen and oxygen atoms in total. The Kier molecular flexibility index (Phi) is 5.94. The van der Waals surface area contributed by atoms with Crippen molar-refractivity contribution in [2.75, 3.05) is 13.7 Å². The van der Waals surface area contributed by atoms with Crippen LogP contribution in [0.5, 0.6) is 5.75 Å². The summed E-state index contributed by atoms with van der Waals surface area (Å²) in [4.78, 5) is 16.2. The molecule has 0 unspecified atom stereocenters. The van der Waals surface area contributed by atoms with Crippen LogP contribution in [0.15, 0.2) is 63.2 Å². The highest BCUT2D eigenvalue weighted by atomic mass is 79.9. The minimum atomic E-state index is -0.0384. The third-order valence-electron chi connectivity index (χ3n) is 3.85. The van der Waals surface area contributed by atoms with Crippen LogP contribution in [-0.2, 0) is 13.0 Å². The quantitative estimate of drug-likeness (QED) is 0.541. The van der Waals surface area contributed by atoms with Gasteiger partial charge in [0.1, 0.15) is 5.75 Å². The Morgan fingerprint density at radius 3 is 2.88 bits per heavy atom. The van der Waals surface area contributed by atoms with Gasteiger partial charge in [-0.2, -0.15) is 0 Å². The van der Waals surface area contributed by atoms with E-state index in [1.54, 1.807) is 37.0 Å². The standard InChI is InChI=1S/C19H18BrNO3S/c1-23-15-4-5-18(20)17(11-15)19(22)21(12-14-7-9-24-13-14)8-6-16-3-2-10-25-16/h2-5,7,9-11,13H,6,8,12H2,1H3. The molecule has 1 amide bonds. The summed E-state index contributed by atoms with van der Waals surface area (Å²) in [5, 5.41) is 2.05. The number of rotatable bonds is 7. The zero-order valence-electron chi connectivity index (χ0n) is 13.8. The van der Waals surface area contributed by atoms with E-state index >= 15 is 0 Å². The molecule has 1 aromatic carbocycles. The van der Waals surface area contributed by atoms with Crippen LogP contribution in [0, 0.1) is 0 Å². The Morgan fingerprint density at radius 1 is 1.32 bits per heavy atom. The Balaban J connectivity index is 1.83. The Morgan fingerprint density at radius 2 is 2.20 bits per heavy atom. The van der Waals surface area contributed by atoms with Crippen molar-refractivity contribution in [2.24, 2.45) is 0 Å². The fourth-order valence-corrected chi connectivity index (χ4v) is 3.64. The molecule has 0 aliphatic carbocycles. The number of hydrogen-bond donors (Lipinski definition) is 0. The average molecular weight is 420 g/mol. The molecule has 25 heavy (non-hydrogen) atoms. The molecule has 3 aromatic rings. The normalized spacial score (nSPS) is 10.6. The van der Waals surface area contributed by atoms with Crippen LogP contribution in [0.3, 0.4) is 0 Å². The molecule has 0 saturated carbocycles. The number of ether oxygens (including phenoxy) is 1. The predicted molar refractivity (Wildman–Crippen MR) is 102 cm³/mol. The van der Waals surface area contributed by atoms with Gasteiger partial charge in [0.25, 0.3) is 5.91 Å². The average Bonchev–Trinajstić information content (AvgIpc) is 3.32. The number of amides is 1. The van der Waals surface area contributed by atoms with Crippen molar-refractivity contribution in [3.63, 3.8) is 0 Å². The molecule has 2 aromatic heterocycles. The van der Waals surface area contributed by atoms with Gasteiger partial charge in [-0.05, 0) is 58.1 Å². The molecule has 0 atom stereocenters. The smallest absolute Gasteiger partial charge is 0.255 e. The van der Waals surface area contributed by atoms with Gasteiger partial charge in [-0.15, -0.1) is 11.3 Å². The van der Waals surface area contributed by atoms with Gasteiger partial charge in [-0.1, -0.05) is 6.07 Å². The Labute approximate surface area is 159 Å². The first-order valence-electron chi connectivity index (χ1n) is 7.83. The van der Waals surface area contributed by atoms with Crippen molar-refractivity contribution in [3.05, 3.63) is 74.8 Å². The third-order valence-corrected chi connectivity index (χ3v) is 5.48. The number of carbonyl (C=O) groups is 1. The van der Waals surface area contributed by atoms with E-state index in [0.717, 1.165) is 16.5 Å². The van der Waals surface area contributed by atoms with E-state index in [-0.39, 0.29) is 5.91 Å². The first-order chi connectivity index (χ1) is 12.2. The van der Waals surface area contributed by atoms with Gasteiger partial charge in [0.2, 0.25) is 0 Å². The van der Waals surface area contributed by atoms with E-state index in [4.69, 9.17) is 9.15 Å². The molecule has 0 bridgehead atoms. The van der Waals surface area contributed by atoms with Crippen molar-refractivity contribution >= 4 is 33.2 Å². The van der Waals surface area contributed by atoms with Gasteiger partial charge < -0.3 is 14.1 Å². The maximum atomic E-state index is 13.1. The van der Waals surface area contributed by atoms with Gasteiger partial charge in [-0.3, -0.25) is 4.79 Å². The number of carbonyl (C=O) groups excluding carboxylic acids is 1. The molecule has 3 rings (SSSR count). The van der Waals surface area contributed by atoms with Gasteiger partial charge in [0, 0.05) is 28.0 Å². The van der Waals surface area contributed by atoms with E-state index in [2.05, 4.69) is 27.4 Å². The van der Waals surface area contributed by atoms with Crippen LogP contribution < -0.4 is 4.74 Å². The summed E-state index contributed by atoms with van der Waals surface area (Å²) in [7, 11) is 1.59. The van der Waals surface area contributed by atoms with Gasteiger partial charge in [0.15, 0.2) is 0 Å². The predicted octanol–water partition coefficient (Wildman–Crippen LogP) is 5.00. The summed E-state index contributed by atoms with van der Waals surface area (Å²) in [5.41, 5.74) is 1.56. The monoisotopic (exact) mass is 419 g/mol. The fraction of sp³-hybridized carbons (Fsp3) is 0.211. The summed E-state index contributed by atoms with van der Waals surface area (Å²) in [6.45, 7) is 1.14. The number of methoxy groups -OCH3 is 1. The minimum absolute atomic E-state index is 0.0384. The second-order valence-electron chi connectivity index (χ2n) is 5.53. The van der Waals surface area contributed by atoms with Crippen LogP contribution in [0.4, 0.5) is 0 Å². The molecule has 0 aliphatic heterocycles. The summed E-state index contributed by atoms with van der Waals surface area (Å²) in [6.07, 6.45) is 4.12. The highest BCUT2D eigenvalue weighted by Crippen LogP contribution is 2.25. The molecule has 0 N–H and O–H groups in total. The van der Waals surface area contributed by atoms with Gasteiger partial charge in [0.05, 0.1) is 25.2 Å². The molecule has 2 heterocycles. The zero-order chi connectivity index (χ0) is 17.6. The van der Waals surface area contributed by atoms with Crippen LogP contribution in [0.1, 0.15) is 20.8 Å². The molecule has 0 radical (unpaired) electrons. The maximum absolute atomic E-state index is 13.1. The molecule has 0 aliphatic rings. The lowest BCUT2D eigenvalue weighted by molar-refractivity contribution is 0.0744. The number of halogens is 1. The van der Waals surface area contributed by atoms with Gasteiger partial charge in [-0.25, -0.2) is 0 Å². The molecular formula is C19H18BrNO3S. The first-order valence-corrected chi connectivity index (χ1v) is 9.51. The minimum Gasteiger partial charge on any atom is -0.497 e. The van der Waals surface area contributed by atoms with Crippen molar-refractivity contribution in [1.29, 1.82) is 0 Å². The van der Waals surface area contributed by atoms with Crippen LogP contribution in [0.2, 0.25) is 0 Å². The van der Waals surface area contributed by atoms with Gasteiger partial charge >= 0.3 is 0 Å². The van der Waals surface area contributed by atoms with Crippen molar-refractivity contribution in [2.45, 2.75) is 13.0 Å².